The van der Waals surface area contributed by atoms with E-state index < -0.39 is 30.1 Å². The fraction of sp³-hybridized carbons (Fsp3) is 0.867. The zero-order valence-corrected chi connectivity index (χ0v) is 25.2. The number of carbonyl (C=O) groups is 4. The van der Waals surface area contributed by atoms with Crippen molar-refractivity contribution < 1.29 is 28.7 Å². The van der Waals surface area contributed by atoms with Crippen LogP contribution in [-0.2, 0) is 28.7 Å². The second-order valence-electron chi connectivity index (χ2n) is 11.1. The summed E-state index contributed by atoms with van der Waals surface area (Å²) < 4.78 is 11.0. The van der Waals surface area contributed by atoms with E-state index in [0.29, 0.717) is 19.3 Å². The zero-order valence-electron chi connectivity index (χ0n) is 25.2. The molecule has 0 aliphatic heterocycles. The van der Waals surface area contributed by atoms with Gasteiger partial charge in [-0.25, -0.2) is 9.59 Å². The number of rotatable bonds is 22. The number of hydrogen-bond acceptors (Lipinski definition) is 6. The molecule has 0 bridgehead atoms. The van der Waals surface area contributed by atoms with Crippen LogP contribution in [0.25, 0.3) is 0 Å². The van der Waals surface area contributed by atoms with E-state index in [1.807, 2.05) is 27.7 Å². The number of esters is 2. The van der Waals surface area contributed by atoms with Crippen LogP contribution in [0.4, 0.5) is 0 Å². The maximum atomic E-state index is 12.7. The number of ether oxygens (including phenoxy) is 2. The molecule has 0 rings (SSSR count). The summed E-state index contributed by atoms with van der Waals surface area (Å²) in [5.41, 5.74) is 0. The molecule has 3 unspecified atom stereocenters. The Kier molecular flexibility index (Phi) is 20.6. The molecule has 222 valence electrons. The van der Waals surface area contributed by atoms with Gasteiger partial charge in [0.15, 0.2) is 0 Å². The zero-order chi connectivity index (χ0) is 28.9. The molecule has 0 fully saturated rings. The van der Waals surface area contributed by atoms with Gasteiger partial charge in [-0.3, -0.25) is 9.59 Å². The van der Waals surface area contributed by atoms with Crippen LogP contribution in [0.2, 0.25) is 0 Å². The summed E-state index contributed by atoms with van der Waals surface area (Å²) in [5, 5.41) is 5.63. The molecule has 8 nitrogen and oxygen atoms in total. The molecule has 0 aliphatic carbocycles. The van der Waals surface area contributed by atoms with Crippen LogP contribution in [-0.4, -0.2) is 48.5 Å². The highest BCUT2D eigenvalue weighted by Crippen LogP contribution is 2.12. The number of unbranched alkanes of at least 4 members (excludes halogenated alkanes) is 8. The minimum absolute atomic E-state index is 0.0693. The van der Waals surface area contributed by atoms with Crippen molar-refractivity contribution in [1.29, 1.82) is 0 Å². The molecule has 0 spiro atoms. The largest absolute Gasteiger partial charge is 0.464 e. The molecular formula is C30H56N2O6. The predicted octanol–water partition coefficient (Wildman–Crippen LogP) is 5.85. The lowest BCUT2D eigenvalue weighted by Gasteiger charge is -2.24. The molecule has 0 saturated heterocycles. The number of nitrogens with one attached hydrogen (secondary N) is 2. The van der Waals surface area contributed by atoms with Gasteiger partial charge in [0.1, 0.15) is 18.2 Å². The van der Waals surface area contributed by atoms with Gasteiger partial charge < -0.3 is 20.1 Å². The van der Waals surface area contributed by atoms with E-state index in [2.05, 4.69) is 24.5 Å². The number of carbonyl (C=O) groups excluding carboxylic acids is 4. The summed E-state index contributed by atoms with van der Waals surface area (Å²) in [6.07, 6.45) is 11.2. The lowest BCUT2D eigenvalue weighted by atomic mass is 10.0. The Balaban J connectivity index is 4.51. The highest BCUT2D eigenvalue weighted by Gasteiger charge is 2.28. The molecule has 38 heavy (non-hydrogen) atoms. The van der Waals surface area contributed by atoms with Crippen LogP contribution in [0.15, 0.2) is 0 Å². The molecule has 2 amide bonds. The van der Waals surface area contributed by atoms with Gasteiger partial charge in [-0.15, -0.1) is 0 Å². The van der Waals surface area contributed by atoms with E-state index in [1.54, 1.807) is 6.92 Å². The highest BCUT2D eigenvalue weighted by molar-refractivity contribution is 5.85. The van der Waals surface area contributed by atoms with E-state index in [9.17, 15) is 19.2 Å². The topological polar surface area (TPSA) is 111 Å². The molecule has 3 atom stereocenters. The Bertz CT molecular complexity index is 680. The SMILES string of the molecule is CCCCCCCC(=O)NC(C(=O)OCCC(C)OC(=O)C(NC(=O)CCCCCCC)C(C)C)C(C)C. The third-order valence-corrected chi connectivity index (χ3v) is 6.58. The van der Waals surface area contributed by atoms with Crippen molar-refractivity contribution in [1.82, 2.24) is 10.6 Å². The predicted molar refractivity (Wildman–Crippen MR) is 151 cm³/mol. The summed E-state index contributed by atoms with van der Waals surface area (Å²) in [5.74, 6) is -1.46. The van der Waals surface area contributed by atoms with Crippen LogP contribution in [0.1, 0.15) is 132 Å². The second-order valence-corrected chi connectivity index (χ2v) is 11.1. The molecule has 2 N–H and O–H groups in total. The van der Waals surface area contributed by atoms with Crippen LogP contribution >= 0.6 is 0 Å². The Labute approximate surface area is 231 Å². The van der Waals surface area contributed by atoms with Crippen LogP contribution < -0.4 is 10.6 Å². The monoisotopic (exact) mass is 540 g/mol. The van der Waals surface area contributed by atoms with Crippen LogP contribution in [0, 0.1) is 11.8 Å². The minimum Gasteiger partial charge on any atom is -0.464 e. The number of amides is 2. The van der Waals surface area contributed by atoms with Crippen molar-refractivity contribution in [3.63, 3.8) is 0 Å². The third-order valence-electron chi connectivity index (χ3n) is 6.58. The van der Waals surface area contributed by atoms with Gasteiger partial charge in [0.05, 0.1) is 6.61 Å². The molecule has 0 aliphatic rings. The second kappa shape index (κ2) is 21.8. The first-order chi connectivity index (χ1) is 18.0. The lowest BCUT2D eigenvalue weighted by Crippen LogP contribution is -2.46. The van der Waals surface area contributed by atoms with Gasteiger partial charge in [0, 0.05) is 19.3 Å². The standard InChI is InChI=1S/C30H56N2O6/c1-8-10-12-14-16-18-25(33)31-27(22(3)4)29(35)37-21-20-24(7)38-30(36)28(23(5)6)32-26(34)19-17-15-13-11-9-2/h22-24,27-28H,8-21H2,1-7H3,(H,31,33)(H,32,34). The van der Waals surface area contributed by atoms with Crippen molar-refractivity contribution in [2.45, 2.75) is 150 Å². The lowest BCUT2D eigenvalue weighted by molar-refractivity contribution is -0.156. The van der Waals surface area contributed by atoms with Crippen molar-refractivity contribution >= 4 is 23.8 Å². The summed E-state index contributed by atoms with van der Waals surface area (Å²) in [4.78, 5) is 49.9. The average molecular weight is 541 g/mol. The first-order valence-corrected chi connectivity index (χ1v) is 15.0. The molecule has 0 aromatic heterocycles. The first kappa shape index (κ1) is 35.9. The molecule has 0 heterocycles. The smallest absolute Gasteiger partial charge is 0.329 e. The van der Waals surface area contributed by atoms with E-state index in [1.165, 1.54) is 12.8 Å². The average Bonchev–Trinajstić information content (AvgIpc) is 2.84. The third kappa shape index (κ3) is 17.4. The van der Waals surface area contributed by atoms with Crippen molar-refractivity contribution in [2.24, 2.45) is 11.8 Å². The van der Waals surface area contributed by atoms with Crippen molar-refractivity contribution in [2.75, 3.05) is 6.61 Å². The van der Waals surface area contributed by atoms with E-state index in [-0.39, 0.29) is 30.3 Å². The van der Waals surface area contributed by atoms with E-state index >= 15 is 0 Å². The summed E-state index contributed by atoms with van der Waals surface area (Å²) >= 11 is 0. The summed E-state index contributed by atoms with van der Waals surface area (Å²) in [6.45, 7) is 13.6. The first-order valence-electron chi connectivity index (χ1n) is 15.0. The van der Waals surface area contributed by atoms with Gasteiger partial charge in [0.2, 0.25) is 11.8 Å². The van der Waals surface area contributed by atoms with E-state index in [0.717, 1.165) is 51.4 Å². The summed E-state index contributed by atoms with van der Waals surface area (Å²) in [7, 11) is 0. The molecule has 0 saturated carbocycles. The Morgan fingerprint density at radius 2 is 1.03 bits per heavy atom. The van der Waals surface area contributed by atoms with E-state index in [4.69, 9.17) is 9.47 Å². The minimum atomic E-state index is -0.717. The Morgan fingerprint density at radius 1 is 0.605 bits per heavy atom. The van der Waals surface area contributed by atoms with Crippen LogP contribution in [0.5, 0.6) is 0 Å². The normalized spacial score (nSPS) is 13.6. The molecule has 0 radical (unpaired) electrons. The van der Waals surface area contributed by atoms with Gasteiger partial charge >= 0.3 is 11.9 Å². The fourth-order valence-corrected chi connectivity index (χ4v) is 4.01. The van der Waals surface area contributed by atoms with Gasteiger partial charge in [-0.2, -0.15) is 0 Å². The maximum Gasteiger partial charge on any atom is 0.329 e. The maximum absolute atomic E-state index is 12.7. The molecular weight excluding hydrogens is 484 g/mol. The molecule has 0 aromatic rings. The van der Waals surface area contributed by atoms with Gasteiger partial charge in [-0.1, -0.05) is 92.9 Å². The number of hydrogen-bond donors (Lipinski definition) is 2. The summed E-state index contributed by atoms with van der Waals surface area (Å²) in [6, 6.07) is -1.43. The Morgan fingerprint density at radius 3 is 1.45 bits per heavy atom. The van der Waals surface area contributed by atoms with Crippen LogP contribution in [0.3, 0.4) is 0 Å². The van der Waals surface area contributed by atoms with Crippen molar-refractivity contribution in [3.05, 3.63) is 0 Å². The molecule has 8 heteroatoms. The Hall–Kier alpha value is -2.12. The fourth-order valence-electron chi connectivity index (χ4n) is 4.01. The van der Waals surface area contributed by atoms with Gasteiger partial charge in [0.25, 0.3) is 0 Å². The quantitative estimate of drug-likeness (QED) is 0.132. The van der Waals surface area contributed by atoms with Crippen molar-refractivity contribution in [3.8, 4) is 0 Å². The highest BCUT2D eigenvalue weighted by atomic mass is 16.6. The van der Waals surface area contributed by atoms with Gasteiger partial charge in [-0.05, 0) is 31.6 Å². The molecule has 0 aromatic carbocycles.